The minimum atomic E-state index is 0.296. The molecule has 0 aromatic carbocycles. The summed E-state index contributed by atoms with van der Waals surface area (Å²) in [5, 5.41) is 0. The number of hydrogen-bond donors (Lipinski definition) is 0. The average molecular weight is 331 g/mol. The minimum absolute atomic E-state index is 0.296. The molecule has 1 heteroatoms. The third kappa shape index (κ3) is 4.21. The predicted octanol–water partition coefficient (Wildman–Crippen LogP) is 6.88. The molecule has 2 aliphatic rings. The highest BCUT2D eigenvalue weighted by molar-refractivity contribution is 5.75. The van der Waals surface area contributed by atoms with E-state index in [2.05, 4.69) is 46.8 Å². The van der Waals surface area contributed by atoms with Crippen molar-refractivity contribution >= 4 is 5.78 Å². The lowest BCUT2D eigenvalue weighted by Crippen LogP contribution is -2.48. The lowest BCUT2D eigenvalue weighted by molar-refractivity contribution is -0.116. The summed E-state index contributed by atoms with van der Waals surface area (Å²) in [6.07, 6.45) is 14.3. The van der Waals surface area contributed by atoms with E-state index < -0.39 is 0 Å². The zero-order valence-corrected chi connectivity index (χ0v) is 16.9. The second kappa shape index (κ2) is 7.58. The number of rotatable bonds is 6. The number of hydrogen-bond acceptors (Lipinski definition) is 1. The molecule has 2 aliphatic carbocycles. The fourth-order valence-corrected chi connectivity index (χ4v) is 5.69. The Hall–Kier alpha value is -0.850. The molecular weight excluding hydrogens is 292 g/mol. The van der Waals surface area contributed by atoms with E-state index >= 15 is 0 Å². The van der Waals surface area contributed by atoms with Gasteiger partial charge in [0.25, 0.3) is 0 Å². The van der Waals surface area contributed by atoms with Gasteiger partial charge in [-0.3, -0.25) is 0 Å². The smallest absolute Gasteiger partial charge is 0.130 e. The number of Topliss-reactive ketones (excluding diaryl/α,β-unsaturated/α-hetero) is 1. The molecule has 1 nitrogen and oxygen atoms in total. The summed E-state index contributed by atoms with van der Waals surface area (Å²) in [6.45, 7) is 13.9. The first-order valence-corrected chi connectivity index (χ1v) is 9.98. The molecule has 0 saturated heterocycles. The van der Waals surface area contributed by atoms with E-state index in [0.29, 0.717) is 23.0 Å². The van der Waals surface area contributed by atoms with E-state index in [1.807, 2.05) is 0 Å². The van der Waals surface area contributed by atoms with Crippen molar-refractivity contribution in [3.05, 3.63) is 23.3 Å². The fourth-order valence-electron chi connectivity index (χ4n) is 5.69. The van der Waals surface area contributed by atoms with Crippen molar-refractivity contribution in [1.29, 1.82) is 0 Å². The molecule has 0 N–H and O–H groups in total. The number of carbonyl (C=O) groups is 1. The van der Waals surface area contributed by atoms with Crippen molar-refractivity contribution in [2.75, 3.05) is 0 Å². The van der Waals surface area contributed by atoms with E-state index in [0.717, 1.165) is 18.3 Å². The summed E-state index contributed by atoms with van der Waals surface area (Å²) >= 11 is 0. The maximum Gasteiger partial charge on any atom is 0.130 e. The molecule has 24 heavy (non-hydrogen) atoms. The highest BCUT2D eigenvalue weighted by atomic mass is 16.1. The molecule has 1 fully saturated rings. The van der Waals surface area contributed by atoms with Gasteiger partial charge in [-0.05, 0) is 82.0 Å². The number of allylic oxidation sites excluding steroid dienone is 4. The van der Waals surface area contributed by atoms with Gasteiger partial charge in [-0.2, -0.15) is 0 Å². The lowest BCUT2D eigenvalue weighted by atomic mass is 9.48. The standard InChI is InChI=1S/C23H38O/c1-17(9-7-10-19(3)24)11-13-20-18(2)12-14-21-22(4,5)15-8-16-23(20,21)6/h9,12,20-21H,7-8,10-11,13-16H2,1-6H3/b17-9-/t20-,21-,23-/m0/s1. The highest BCUT2D eigenvalue weighted by Crippen LogP contribution is 2.60. The molecule has 0 unspecified atom stereocenters. The molecule has 0 aliphatic heterocycles. The van der Waals surface area contributed by atoms with E-state index in [1.54, 1.807) is 12.5 Å². The molecule has 0 bridgehead atoms. The first-order chi connectivity index (χ1) is 11.2. The highest BCUT2D eigenvalue weighted by Gasteiger charge is 2.51. The van der Waals surface area contributed by atoms with Gasteiger partial charge in [-0.25, -0.2) is 0 Å². The zero-order chi connectivity index (χ0) is 18.0. The largest absolute Gasteiger partial charge is 0.300 e. The predicted molar refractivity (Wildman–Crippen MR) is 104 cm³/mol. The second-order valence-corrected chi connectivity index (χ2v) is 9.47. The molecule has 0 heterocycles. The molecule has 3 atom stereocenters. The van der Waals surface area contributed by atoms with E-state index in [1.165, 1.54) is 44.1 Å². The second-order valence-electron chi connectivity index (χ2n) is 9.47. The van der Waals surface area contributed by atoms with Crippen molar-refractivity contribution in [2.24, 2.45) is 22.7 Å². The lowest BCUT2D eigenvalue weighted by Gasteiger charge is -2.57. The molecule has 0 spiro atoms. The Balaban J connectivity index is 2.06. The molecular formula is C23H38O. The summed E-state index contributed by atoms with van der Waals surface area (Å²) < 4.78 is 0. The monoisotopic (exact) mass is 330 g/mol. The van der Waals surface area contributed by atoms with Gasteiger partial charge in [0, 0.05) is 6.42 Å². The van der Waals surface area contributed by atoms with Gasteiger partial charge in [0.2, 0.25) is 0 Å². The van der Waals surface area contributed by atoms with Gasteiger partial charge in [0.05, 0.1) is 0 Å². The van der Waals surface area contributed by atoms with Crippen molar-refractivity contribution in [2.45, 2.75) is 92.9 Å². The van der Waals surface area contributed by atoms with Gasteiger partial charge in [0.15, 0.2) is 0 Å². The van der Waals surface area contributed by atoms with Crippen LogP contribution in [0.4, 0.5) is 0 Å². The van der Waals surface area contributed by atoms with Crippen LogP contribution in [0, 0.1) is 22.7 Å². The average Bonchev–Trinajstić information content (AvgIpc) is 2.45. The fraction of sp³-hybridized carbons (Fsp3) is 0.783. The first-order valence-electron chi connectivity index (χ1n) is 9.98. The third-order valence-corrected chi connectivity index (χ3v) is 7.11. The maximum atomic E-state index is 11.1. The zero-order valence-electron chi connectivity index (χ0n) is 16.9. The number of ketones is 1. The molecule has 0 radical (unpaired) electrons. The summed E-state index contributed by atoms with van der Waals surface area (Å²) in [6, 6.07) is 0. The molecule has 0 aromatic heterocycles. The SMILES string of the molecule is CC(=O)CC/C=C(/C)CC[C@H]1C(C)=CC[C@H]2C(C)(C)CCC[C@@]12C. The Morgan fingerprint density at radius 3 is 2.58 bits per heavy atom. The van der Waals surface area contributed by atoms with E-state index in [9.17, 15) is 4.79 Å². The number of fused-ring (bicyclic) bond motifs is 1. The van der Waals surface area contributed by atoms with Crippen LogP contribution in [0.5, 0.6) is 0 Å². The van der Waals surface area contributed by atoms with Gasteiger partial charge in [0.1, 0.15) is 5.78 Å². The van der Waals surface area contributed by atoms with Crippen LogP contribution in [0.15, 0.2) is 23.3 Å². The summed E-state index contributed by atoms with van der Waals surface area (Å²) in [5.74, 6) is 1.85. The normalized spacial score (nSPS) is 32.9. The van der Waals surface area contributed by atoms with E-state index in [4.69, 9.17) is 0 Å². The molecule has 1 saturated carbocycles. The molecule has 0 amide bonds. The Morgan fingerprint density at radius 1 is 1.21 bits per heavy atom. The topological polar surface area (TPSA) is 17.1 Å². The molecule has 136 valence electrons. The van der Waals surface area contributed by atoms with Crippen LogP contribution in [0.25, 0.3) is 0 Å². The minimum Gasteiger partial charge on any atom is -0.300 e. The Bertz CT molecular complexity index is 522. The Morgan fingerprint density at radius 2 is 1.92 bits per heavy atom. The van der Waals surface area contributed by atoms with Gasteiger partial charge in [-0.1, -0.05) is 50.5 Å². The first kappa shape index (κ1) is 19.5. The summed E-state index contributed by atoms with van der Waals surface area (Å²) in [4.78, 5) is 11.1. The van der Waals surface area contributed by atoms with E-state index in [-0.39, 0.29) is 0 Å². The van der Waals surface area contributed by atoms with Crippen LogP contribution in [-0.2, 0) is 4.79 Å². The number of carbonyl (C=O) groups excluding carboxylic acids is 1. The molecule has 2 rings (SSSR count). The Kier molecular flexibility index (Phi) is 6.15. The quantitative estimate of drug-likeness (QED) is 0.485. The Labute approximate surface area is 150 Å². The van der Waals surface area contributed by atoms with Crippen LogP contribution in [0.2, 0.25) is 0 Å². The van der Waals surface area contributed by atoms with Crippen molar-refractivity contribution in [3.63, 3.8) is 0 Å². The molecule has 0 aromatic rings. The van der Waals surface area contributed by atoms with Gasteiger partial charge in [-0.15, -0.1) is 0 Å². The van der Waals surface area contributed by atoms with Crippen LogP contribution < -0.4 is 0 Å². The van der Waals surface area contributed by atoms with Crippen molar-refractivity contribution in [1.82, 2.24) is 0 Å². The van der Waals surface area contributed by atoms with Crippen LogP contribution in [0.3, 0.4) is 0 Å². The maximum absolute atomic E-state index is 11.1. The summed E-state index contributed by atoms with van der Waals surface area (Å²) in [5.41, 5.74) is 4.04. The van der Waals surface area contributed by atoms with Crippen LogP contribution >= 0.6 is 0 Å². The summed E-state index contributed by atoms with van der Waals surface area (Å²) in [7, 11) is 0. The van der Waals surface area contributed by atoms with Crippen molar-refractivity contribution < 1.29 is 4.79 Å². The van der Waals surface area contributed by atoms with Gasteiger partial charge >= 0.3 is 0 Å². The van der Waals surface area contributed by atoms with Gasteiger partial charge < -0.3 is 4.79 Å². The van der Waals surface area contributed by atoms with Crippen molar-refractivity contribution in [3.8, 4) is 0 Å². The van der Waals surface area contributed by atoms with Crippen LogP contribution in [0.1, 0.15) is 92.9 Å². The third-order valence-electron chi connectivity index (χ3n) is 7.11. The van der Waals surface area contributed by atoms with Crippen LogP contribution in [-0.4, -0.2) is 5.78 Å².